The zero-order valence-corrected chi connectivity index (χ0v) is 22.8. The van der Waals surface area contributed by atoms with E-state index in [1.165, 1.54) is 4.90 Å². The molecule has 12 heteroatoms. The second-order valence-corrected chi connectivity index (χ2v) is 10.6. The number of hydrogen-bond donors (Lipinski definition) is 5. The normalized spacial score (nSPS) is 26.9. The number of aliphatic hydroxyl groups is 3. The SMILES string of the molecule is CCON=C(C)c1cc(N(C)C)c2c(c1O)C(O)=C1C(=O)[C@]3(O)C(O)=C(C(N)=O)C(=O)[C@@H](N(C)C)[C@@H]3C[C@@H]1C2. The lowest BCUT2D eigenvalue weighted by Gasteiger charge is -2.50. The van der Waals surface area contributed by atoms with Gasteiger partial charge in [0.2, 0.25) is 5.78 Å². The number of benzene rings is 1. The van der Waals surface area contributed by atoms with Crippen molar-refractivity contribution in [3.05, 3.63) is 39.7 Å². The number of anilines is 1. The lowest BCUT2D eigenvalue weighted by molar-refractivity contribution is -0.153. The van der Waals surface area contributed by atoms with Crippen molar-refractivity contribution in [2.45, 2.75) is 38.3 Å². The number of nitrogens with two attached hydrogens (primary N) is 1. The summed E-state index contributed by atoms with van der Waals surface area (Å²) < 4.78 is 0. The predicted molar refractivity (Wildman–Crippen MR) is 142 cm³/mol. The molecule has 39 heavy (non-hydrogen) atoms. The van der Waals surface area contributed by atoms with Crippen molar-refractivity contribution >= 4 is 34.6 Å². The molecule has 0 saturated heterocycles. The molecule has 0 aliphatic heterocycles. The molecule has 12 nitrogen and oxygen atoms in total. The number of Topliss-reactive ketones (excluding diaryl/α,β-unsaturated/α-hetero) is 2. The van der Waals surface area contributed by atoms with E-state index in [9.17, 15) is 34.8 Å². The third-order valence-corrected chi connectivity index (χ3v) is 7.90. The number of carbonyl (C=O) groups excluding carboxylic acids is 3. The number of aromatic hydroxyl groups is 1. The molecule has 4 atom stereocenters. The third kappa shape index (κ3) is 3.97. The Morgan fingerprint density at radius 1 is 1.21 bits per heavy atom. The summed E-state index contributed by atoms with van der Waals surface area (Å²) in [5.41, 5.74) is 3.45. The van der Waals surface area contributed by atoms with Crippen molar-refractivity contribution in [1.82, 2.24) is 4.90 Å². The molecule has 3 aliphatic carbocycles. The minimum atomic E-state index is -2.69. The van der Waals surface area contributed by atoms with Gasteiger partial charge >= 0.3 is 0 Å². The zero-order chi connectivity index (χ0) is 29.1. The maximum atomic E-state index is 14.0. The summed E-state index contributed by atoms with van der Waals surface area (Å²) in [6.45, 7) is 3.68. The summed E-state index contributed by atoms with van der Waals surface area (Å²) >= 11 is 0. The standard InChI is InChI=1S/C27H34N4O8/c1-7-39-29-11(2)13-10-16(30(3)4)14-8-12-9-15-20(31(5)6)23(34)19(26(28)37)25(36)27(15,38)24(35)17(12)22(33)18(14)21(13)32/h10,12,15,20,32-33,36,38H,7-9H2,1-6H3,(H2,28,37)/t12-,15-,20-,27-/m0/s1. The van der Waals surface area contributed by atoms with Gasteiger partial charge in [-0.3, -0.25) is 19.3 Å². The highest BCUT2D eigenvalue weighted by Crippen LogP contribution is 2.54. The number of aliphatic hydroxyl groups excluding tert-OH is 2. The van der Waals surface area contributed by atoms with Gasteiger partial charge < -0.3 is 35.9 Å². The van der Waals surface area contributed by atoms with Crippen LogP contribution in [0.2, 0.25) is 0 Å². The molecule has 1 aromatic carbocycles. The van der Waals surface area contributed by atoms with Gasteiger partial charge in [-0.1, -0.05) is 5.16 Å². The second-order valence-electron chi connectivity index (χ2n) is 10.6. The fraction of sp³-hybridized carbons (Fsp3) is 0.481. The number of phenols is 1. The topological polar surface area (TPSA) is 186 Å². The Morgan fingerprint density at radius 2 is 1.85 bits per heavy atom. The van der Waals surface area contributed by atoms with Gasteiger partial charge in [-0.15, -0.1) is 0 Å². The number of fused-ring (bicyclic) bond motifs is 3. The van der Waals surface area contributed by atoms with E-state index in [4.69, 9.17) is 10.6 Å². The van der Waals surface area contributed by atoms with Crippen LogP contribution in [-0.4, -0.2) is 95.0 Å². The van der Waals surface area contributed by atoms with E-state index in [2.05, 4.69) is 5.16 Å². The third-order valence-electron chi connectivity index (χ3n) is 7.90. The van der Waals surface area contributed by atoms with E-state index in [0.29, 0.717) is 23.6 Å². The van der Waals surface area contributed by atoms with Crippen LogP contribution in [0.3, 0.4) is 0 Å². The average Bonchev–Trinajstić information content (AvgIpc) is 2.84. The van der Waals surface area contributed by atoms with Crippen LogP contribution >= 0.6 is 0 Å². The average molecular weight is 543 g/mol. The number of nitrogens with zero attached hydrogens (tertiary/aromatic N) is 3. The van der Waals surface area contributed by atoms with Gasteiger partial charge in [0.25, 0.3) is 5.91 Å². The van der Waals surface area contributed by atoms with Gasteiger partial charge in [0.15, 0.2) is 11.4 Å². The predicted octanol–water partition coefficient (Wildman–Crippen LogP) is 0.791. The Hall–Kier alpha value is -3.90. The number of oxime groups is 1. The molecule has 3 aliphatic rings. The Bertz CT molecular complexity index is 1380. The van der Waals surface area contributed by atoms with Gasteiger partial charge in [0.1, 0.15) is 29.4 Å². The molecule has 210 valence electrons. The molecular weight excluding hydrogens is 508 g/mol. The van der Waals surface area contributed by atoms with Crippen LogP contribution in [0, 0.1) is 11.8 Å². The maximum Gasteiger partial charge on any atom is 0.255 e. The number of likely N-dealkylation sites (N-methyl/N-ethyl adjacent to an activating group) is 1. The van der Waals surface area contributed by atoms with E-state index in [-0.39, 0.29) is 35.3 Å². The molecule has 1 aromatic rings. The summed E-state index contributed by atoms with van der Waals surface area (Å²) in [6.07, 6.45) is 0.212. The number of hydrogen-bond acceptors (Lipinski definition) is 11. The largest absolute Gasteiger partial charge is 0.508 e. The quantitative estimate of drug-likeness (QED) is 0.195. The Morgan fingerprint density at radius 3 is 2.38 bits per heavy atom. The van der Waals surface area contributed by atoms with Crippen LogP contribution < -0.4 is 10.6 Å². The van der Waals surface area contributed by atoms with Gasteiger partial charge in [0.05, 0.1) is 17.3 Å². The van der Waals surface area contributed by atoms with E-state index >= 15 is 0 Å². The van der Waals surface area contributed by atoms with Crippen LogP contribution in [0.1, 0.15) is 37.0 Å². The number of carbonyl (C=O) groups is 3. The minimum Gasteiger partial charge on any atom is -0.508 e. The number of rotatable bonds is 6. The summed E-state index contributed by atoms with van der Waals surface area (Å²) in [4.78, 5) is 47.7. The lowest BCUT2D eigenvalue weighted by atomic mass is 9.57. The van der Waals surface area contributed by atoms with Crippen molar-refractivity contribution in [3.8, 4) is 5.75 Å². The summed E-state index contributed by atoms with van der Waals surface area (Å²) in [5.74, 6) is -6.92. The number of amides is 1. The Kier molecular flexibility index (Phi) is 6.98. The first-order valence-electron chi connectivity index (χ1n) is 12.6. The van der Waals surface area contributed by atoms with Crippen LogP contribution in [-0.2, 0) is 25.6 Å². The van der Waals surface area contributed by atoms with Crippen molar-refractivity contribution in [2.75, 3.05) is 39.7 Å². The molecule has 0 spiro atoms. The maximum absolute atomic E-state index is 14.0. The molecule has 1 saturated carbocycles. The highest BCUT2D eigenvalue weighted by Gasteiger charge is 2.64. The molecule has 1 amide bonds. The monoisotopic (exact) mass is 542 g/mol. The van der Waals surface area contributed by atoms with E-state index < -0.39 is 58.0 Å². The number of ketones is 2. The summed E-state index contributed by atoms with van der Waals surface area (Å²) in [6, 6.07) is 0.579. The van der Waals surface area contributed by atoms with Crippen molar-refractivity contribution in [1.29, 1.82) is 0 Å². The number of phenolic OH excluding ortho intramolecular Hbond substituents is 1. The van der Waals surface area contributed by atoms with Gasteiger partial charge in [-0.2, -0.15) is 0 Å². The van der Waals surface area contributed by atoms with Crippen molar-refractivity contribution in [2.24, 2.45) is 22.7 Å². The Labute approximate surface area is 225 Å². The van der Waals surface area contributed by atoms with E-state index in [0.717, 1.165) is 0 Å². The molecule has 0 bridgehead atoms. The van der Waals surface area contributed by atoms with Gasteiger partial charge in [-0.25, -0.2) is 0 Å². The highest BCUT2D eigenvalue weighted by molar-refractivity contribution is 6.24. The Balaban J connectivity index is 2.00. The van der Waals surface area contributed by atoms with Gasteiger partial charge in [0, 0.05) is 36.8 Å². The van der Waals surface area contributed by atoms with Gasteiger partial charge in [-0.05, 0) is 58.3 Å². The lowest BCUT2D eigenvalue weighted by Crippen LogP contribution is -2.65. The summed E-state index contributed by atoms with van der Waals surface area (Å²) in [7, 11) is 6.71. The first kappa shape index (κ1) is 28.1. The molecule has 0 unspecified atom stereocenters. The molecular formula is C27H34N4O8. The second kappa shape index (κ2) is 9.69. The first-order chi connectivity index (χ1) is 18.2. The zero-order valence-electron chi connectivity index (χ0n) is 22.8. The highest BCUT2D eigenvalue weighted by atomic mass is 16.6. The summed E-state index contributed by atoms with van der Waals surface area (Å²) in [5, 5.41) is 49.5. The molecule has 4 rings (SSSR count). The van der Waals surface area contributed by atoms with Crippen molar-refractivity contribution in [3.63, 3.8) is 0 Å². The van der Waals surface area contributed by atoms with Crippen LogP contribution in [0.4, 0.5) is 5.69 Å². The molecule has 1 fully saturated rings. The van der Waals surface area contributed by atoms with Crippen molar-refractivity contribution < 1.29 is 39.6 Å². The van der Waals surface area contributed by atoms with E-state index in [1.54, 1.807) is 53.0 Å². The molecule has 0 heterocycles. The molecule has 6 N–H and O–H groups in total. The van der Waals surface area contributed by atoms with Crippen LogP contribution in [0.15, 0.2) is 28.1 Å². The fourth-order valence-corrected chi connectivity index (χ4v) is 6.18. The first-order valence-corrected chi connectivity index (χ1v) is 12.6. The smallest absolute Gasteiger partial charge is 0.255 e. The fourth-order valence-electron chi connectivity index (χ4n) is 6.18. The van der Waals surface area contributed by atoms with E-state index in [1.807, 2.05) is 0 Å². The minimum absolute atomic E-state index is 0.00135. The number of primary amides is 1. The van der Waals surface area contributed by atoms with Crippen LogP contribution in [0.5, 0.6) is 5.75 Å². The molecule has 0 radical (unpaired) electrons. The molecule has 0 aromatic heterocycles. The van der Waals surface area contributed by atoms with Crippen LogP contribution in [0.25, 0.3) is 5.76 Å².